The Balaban J connectivity index is 0. The predicted octanol–water partition coefficient (Wildman–Crippen LogP) is 2.34. The monoisotopic (exact) mass is 189 g/mol. The highest BCUT2D eigenvalue weighted by molar-refractivity contribution is 5.78. The zero-order valence-electron chi connectivity index (χ0n) is 8.21. The summed E-state index contributed by atoms with van der Waals surface area (Å²) < 4.78 is 0. The molecular formula is C10H23NO2. The van der Waals surface area contributed by atoms with E-state index in [0.717, 1.165) is 12.8 Å². The standard InChI is InChI=1S/C7H13NO2.C2H6.CH4/c1-6(9)7-2-4-8(10)5-3-7;1-2;/h7,10H,2-5H2,1H3;1-2H3;1H4. The molecule has 1 heterocycles. The van der Waals surface area contributed by atoms with Crippen LogP contribution in [0.25, 0.3) is 0 Å². The Labute approximate surface area is 81.7 Å². The molecule has 0 bridgehead atoms. The van der Waals surface area contributed by atoms with Crippen molar-refractivity contribution in [1.29, 1.82) is 0 Å². The van der Waals surface area contributed by atoms with E-state index in [0.29, 0.717) is 13.1 Å². The van der Waals surface area contributed by atoms with Crippen molar-refractivity contribution >= 4 is 5.78 Å². The molecule has 1 aliphatic rings. The van der Waals surface area contributed by atoms with Gasteiger partial charge in [0.1, 0.15) is 5.78 Å². The molecule has 0 saturated carbocycles. The number of piperidine rings is 1. The third-order valence-electron chi connectivity index (χ3n) is 2.05. The van der Waals surface area contributed by atoms with E-state index in [2.05, 4.69) is 0 Å². The summed E-state index contributed by atoms with van der Waals surface area (Å²) >= 11 is 0. The minimum Gasteiger partial charge on any atom is -0.314 e. The lowest BCUT2D eigenvalue weighted by Gasteiger charge is -2.25. The van der Waals surface area contributed by atoms with E-state index in [1.54, 1.807) is 6.92 Å². The lowest BCUT2D eigenvalue weighted by atomic mass is 9.94. The molecule has 13 heavy (non-hydrogen) atoms. The van der Waals surface area contributed by atoms with Crippen molar-refractivity contribution < 1.29 is 10.0 Å². The lowest BCUT2D eigenvalue weighted by molar-refractivity contribution is -0.133. The van der Waals surface area contributed by atoms with Crippen molar-refractivity contribution in [2.75, 3.05) is 13.1 Å². The SMILES string of the molecule is C.CC.CC(=O)C1CCN(O)CC1. The maximum absolute atomic E-state index is 10.8. The van der Waals surface area contributed by atoms with Gasteiger partial charge >= 0.3 is 0 Å². The molecule has 0 radical (unpaired) electrons. The minimum absolute atomic E-state index is 0. The normalized spacial score (nSPS) is 18.2. The first-order valence-corrected chi connectivity index (χ1v) is 4.64. The van der Waals surface area contributed by atoms with Crippen LogP contribution in [0.15, 0.2) is 0 Å². The first-order valence-electron chi connectivity index (χ1n) is 4.64. The predicted molar refractivity (Wildman–Crippen MR) is 54.8 cm³/mol. The number of Topliss-reactive ketones (excluding diaryl/α,β-unsaturated/α-hetero) is 1. The van der Waals surface area contributed by atoms with Crippen LogP contribution in [0.3, 0.4) is 0 Å². The van der Waals surface area contributed by atoms with Crippen LogP contribution in [0.5, 0.6) is 0 Å². The number of nitrogens with zero attached hydrogens (tertiary/aromatic N) is 1. The molecule has 1 saturated heterocycles. The van der Waals surface area contributed by atoms with Gasteiger partial charge in [-0.1, -0.05) is 21.3 Å². The molecule has 0 aromatic carbocycles. The van der Waals surface area contributed by atoms with Crippen LogP contribution in [0.4, 0.5) is 0 Å². The van der Waals surface area contributed by atoms with Gasteiger partial charge in [0.15, 0.2) is 0 Å². The number of carbonyl (C=O) groups is 1. The topological polar surface area (TPSA) is 40.5 Å². The molecule has 1 aliphatic heterocycles. The van der Waals surface area contributed by atoms with E-state index in [4.69, 9.17) is 5.21 Å². The zero-order chi connectivity index (χ0) is 9.56. The van der Waals surface area contributed by atoms with Crippen molar-refractivity contribution in [2.24, 2.45) is 5.92 Å². The highest BCUT2D eigenvalue weighted by Crippen LogP contribution is 2.15. The molecule has 0 atom stereocenters. The number of carbonyl (C=O) groups excluding carboxylic acids is 1. The number of ketones is 1. The number of hydroxylamine groups is 2. The van der Waals surface area contributed by atoms with Crippen molar-refractivity contribution in [3.8, 4) is 0 Å². The maximum atomic E-state index is 10.8. The average Bonchev–Trinajstić information content (AvgIpc) is 2.09. The van der Waals surface area contributed by atoms with E-state index in [9.17, 15) is 4.79 Å². The fourth-order valence-electron chi connectivity index (χ4n) is 1.27. The van der Waals surface area contributed by atoms with E-state index >= 15 is 0 Å². The summed E-state index contributed by atoms with van der Waals surface area (Å²) in [6.45, 7) is 6.91. The third-order valence-corrected chi connectivity index (χ3v) is 2.05. The van der Waals surface area contributed by atoms with E-state index < -0.39 is 0 Å². The van der Waals surface area contributed by atoms with Gasteiger partial charge in [0.2, 0.25) is 0 Å². The number of rotatable bonds is 1. The Kier molecular flexibility index (Phi) is 9.51. The van der Waals surface area contributed by atoms with Crippen LogP contribution in [0.1, 0.15) is 41.0 Å². The first-order chi connectivity index (χ1) is 5.70. The first kappa shape index (κ1) is 15.1. The molecule has 1 rings (SSSR count). The Morgan fingerprint density at radius 2 is 1.69 bits per heavy atom. The molecule has 0 aromatic heterocycles. The molecule has 0 aromatic rings. The fourth-order valence-corrected chi connectivity index (χ4v) is 1.27. The van der Waals surface area contributed by atoms with Crippen molar-refractivity contribution in [3.63, 3.8) is 0 Å². The fraction of sp³-hybridized carbons (Fsp3) is 0.900. The molecule has 0 spiro atoms. The van der Waals surface area contributed by atoms with E-state index in [-0.39, 0.29) is 19.1 Å². The van der Waals surface area contributed by atoms with Gasteiger partial charge in [0.05, 0.1) is 0 Å². The summed E-state index contributed by atoms with van der Waals surface area (Å²) in [5.41, 5.74) is 0. The summed E-state index contributed by atoms with van der Waals surface area (Å²) in [5, 5.41) is 10.2. The van der Waals surface area contributed by atoms with Gasteiger partial charge in [-0.05, 0) is 19.8 Å². The highest BCUT2D eigenvalue weighted by atomic mass is 16.5. The summed E-state index contributed by atoms with van der Waals surface area (Å²) in [7, 11) is 0. The van der Waals surface area contributed by atoms with Gasteiger partial charge in [-0.3, -0.25) is 4.79 Å². The highest BCUT2D eigenvalue weighted by Gasteiger charge is 2.20. The van der Waals surface area contributed by atoms with Crippen molar-refractivity contribution in [2.45, 2.75) is 41.0 Å². The minimum atomic E-state index is 0. The Morgan fingerprint density at radius 1 is 1.31 bits per heavy atom. The molecule has 0 aliphatic carbocycles. The van der Waals surface area contributed by atoms with E-state index in [1.165, 1.54) is 5.06 Å². The maximum Gasteiger partial charge on any atom is 0.133 e. The average molecular weight is 189 g/mol. The van der Waals surface area contributed by atoms with Gasteiger partial charge in [-0.2, -0.15) is 5.06 Å². The summed E-state index contributed by atoms with van der Waals surface area (Å²) in [6, 6.07) is 0. The van der Waals surface area contributed by atoms with Gasteiger partial charge in [0, 0.05) is 19.0 Å². The van der Waals surface area contributed by atoms with Gasteiger partial charge in [-0.25, -0.2) is 0 Å². The molecule has 3 heteroatoms. The van der Waals surface area contributed by atoms with Crippen molar-refractivity contribution in [1.82, 2.24) is 5.06 Å². The van der Waals surface area contributed by atoms with Crippen LogP contribution >= 0.6 is 0 Å². The van der Waals surface area contributed by atoms with Gasteiger partial charge in [0.25, 0.3) is 0 Å². The largest absolute Gasteiger partial charge is 0.314 e. The molecule has 0 amide bonds. The summed E-state index contributed by atoms with van der Waals surface area (Å²) in [5.74, 6) is 0.455. The molecule has 1 fully saturated rings. The molecule has 0 unspecified atom stereocenters. The quantitative estimate of drug-likeness (QED) is 0.688. The molecule has 80 valence electrons. The van der Waals surface area contributed by atoms with Crippen LogP contribution in [0, 0.1) is 5.92 Å². The second-order valence-corrected chi connectivity index (χ2v) is 2.84. The molecule has 3 nitrogen and oxygen atoms in total. The van der Waals surface area contributed by atoms with Crippen LogP contribution in [0.2, 0.25) is 0 Å². The third kappa shape index (κ3) is 5.77. The molecule has 1 N–H and O–H groups in total. The lowest BCUT2D eigenvalue weighted by Crippen LogP contribution is -2.33. The van der Waals surface area contributed by atoms with Crippen LogP contribution in [-0.2, 0) is 4.79 Å². The van der Waals surface area contributed by atoms with Gasteiger partial charge < -0.3 is 5.21 Å². The van der Waals surface area contributed by atoms with E-state index in [1.807, 2.05) is 13.8 Å². The number of hydrogen-bond acceptors (Lipinski definition) is 3. The Morgan fingerprint density at radius 3 is 2.00 bits per heavy atom. The second-order valence-electron chi connectivity index (χ2n) is 2.84. The number of hydrogen-bond donors (Lipinski definition) is 1. The summed E-state index contributed by atoms with van der Waals surface area (Å²) in [6.07, 6.45) is 1.62. The zero-order valence-corrected chi connectivity index (χ0v) is 8.21. The summed E-state index contributed by atoms with van der Waals surface area (Å²) in [4.78, 5) is 10.8. The van der Waals surface area contributed by atoms with Crippen LogP contribution < -0.4 is 0 Å². The molecular weight excluding hydrogens is 166 g/mol. The second kappa shape index (κ2) is 8.20. The van der Waals surface area contributed by atoms with Crippen LogP contribution in [-0.4, -0.2) is 29.1 Å². The van der Waals surface area contributed by atoms with Gasteiger partial charge in [-0.15, -0.1) is 0 Å². The van der Waals surface area contributed by atoms with Crippen molar-refractivity contribution in [3.05, 3.63) is 0 Å². The Bertz CT molecular complexity index is 129. The Hall–Kier alpha value is -0.410. The smallest absolute Gasteiger partial charge is 0.133 e.